The highest BCUT2D eigenvalue weighted by Gasteiger charge is 2.11. The Bertz CT molecular complexity index is 360. The summed E-state index contributed by atoms with van der Waals surface area (Å²) in [6.45, 7) is 3.62. The lowest BCUT2D eigenvalue weighted by molar-refractivity contribution is 0.554. The molecule has 0 aliphatic heterocycles. The summed E-state index contributed by atoms with van der Waals surface area (Å²) in [7, 11) is 3.14. The van der Waals surface area contributed by atoms with Crippen molar-refractivity contribution in [1.82, 2.24) is 13.9 Å². The third-order valence-electron chi connectivity index (χ3n) is 1.93. The van der Waals surface area contributed by atoms with E-state index in [0.29, 0.717) is 0 Å². The van der Waals surface area contributed by atoms with Gasteiger partial charge in [-0.25, -0.2) is 23.5 Å². The van der Waals surface area contributed by atoms with Crippen molar-refractivity contribution >= 4 is 0 Å². The van der Waals surface area contributed by atoms with Crippen LogP contribution in [0.4, 0.5) is 0 Å². The zero-order valence-corrected chi connectivity index (χ0v) is 7.74. The van der Waals surface area contributed by atoms with Crippen LogP contribution in [-0.2, 0) is 14.1 Å². The number of hydrogen-bond donors (Lipinski definition) is 0. The molecular formula is C7H13N3O2. The Hall–Kier alpha value is -1.26. The molecule has 0 fully saturated rings. The second kappa shape index (κ2) is 2.66. The SMILES string of the molecule is CC(C)n1c(=O)n(C)n(C)c1=O. The van der Waals surface area contributed by atoms with Crippen molar-refractivity contribution in [3.63, 3.8) is 0 Å². The van der Waals surface area contributed by atoms with Crippen LogP contribution in [0.25, 0.3) is 0 Å². The van der Waals surface area contributed by atoms with E-state index in [0.717, 1.165) is 0 Å². The van der Waals surface area contributed by atoms with Crippen LogP contribution in [0.3, 0.4) is 0 Å². The molecule has 12 heavy (non-hydrogen) atoms. The molecule has 5 heteroatoms. The van der Waals surface area contributed by atoms with E-state index in [4.69, 9.17) is 0 Å². The zero-order valence-electron chi connectivity index (χ0n) is 7.74. The molecule has 0 aromatic carbocycles. The van der Waals surface area contributed by atoms with Crippen molar-refractivity contribution in [1.29, 1.82) is 0 Å². The van der Waals surface area contributed by atoms with Crippen LogP contribution in [0.2, 0.25) is 0 Å². The Balaban J connectivity index is 3.61. The van der Waals surface area contributed by atoms with Gasteiger partial charge in [-0.1, -0.05) is 0 Å². The van der Waals surface area contributed by atoms with Gasteiger partial charge in [0.1, 0.15) is 0 Å². The van der Waals surface area contributed by atoms with E-state index in [1.807, 2.05) is 13.8 Å². The number of rotatable bonds is 1. The maximum Gasteiger partial charge on any atom is 0.347 e. The second-order valence-corrected chi connectivity index (χ2v) is 3.08. The second-order valence-electron chi connectivity index (χ2n) is 3.08. The summed E-state index contributed by atoms with van der Waals surface area (Å²) >= 11 is 0. The summed E-state index contributed by atoms with van der Waals surface area (Å²) in [4.78, 5) is 22.7. The van der Waals surface area contributed by atoms with Gasteiger partial charge in [-0.3, -0.25) is 0 Å². The van der Waals surface area contributed by atoms with Crippen molar-refractivity contribution in [2.45, 2.75) is 19.9 Å². The van der Waals surface area contributed by atoms with Crippen molar-refractivity contribution in [3.05, 3.63) is 21.0 Å². The van der Waals surface area contributed by atoms with E-state index in [9.17, 15) is 9.59 Å². The summed E-state index contributed by atoms with van der Waals surface area (Å²) in [5.41, 5.74) is -0.532. The molecule has 0 saturated carbocycles. The maximum atomic E-state index is 11.4. The van der Waals surface area contributed by atoms with Gasteiger partial charge in [0.05, 0.1) is 0 Å². The molecule has 68 valence electrons. The topological polar surface area (TPSA) is 48.9 Å². The fraction of sp³-hybridized carbons (Fsp3) is 0.714. The molecule has 0 atom stereocenters. The smallest absolute Gasteiger partial charge is 0.246 e. The minimum atomic E-state index is -0.266. The predicted octanol–water partition coefficient (Wildman–Crippen LogP) is -0.534. The van der Waals surface area contributed by atoms with Crippen molar-refractivity contribution in [2.24, 2.45) is 14.1 Å². The van der Waals surface area contributed by atoms with E-state index >= 15 is 0 Å². The third kappa shape index (κ3) is 1.01. The quantitative estimate of drug-likeness (QED) is 0.570. The highest BCUT2D eigenvalue weighted by atomic mass is 16.2. The first-order valence-corrected chi connectivity index (χ1v) is 3.81. The van der Waals surface area contributed by atoms with Gasteiger partial charge in [-0.15, -0.1) is 0 Å². The van der Waals surface area contributed by atoms with Gasteiger partial charge in [0.25, 0.3) is 0 Å². The highest BCUT2D eigenvalue weighted by Crippen LogP contribution is 1.93. The average Bonchev–Trinajstić information content (AvgIpc) is 2.16. The summed E-state index contributed by atoms with van der Waals surface area (Å²) in [5, 5.41) is 0. The van der Waals surface area contributed by atoms with Gasteiger partial charge in [0, 0.05) is 20.1 Å². The van der Waals surface area contributed by atoms with Gasteiger partial charge in [0.15, 0.2) is 0 Å². The van der Waals surface area contributed by atoms with Gasteiger partial charge >= 0.3 is 11.4 Å². The van der Waals surface area contributed by atoms with E-state index < -0.39 is 0 Å². The Morgan fingerprint density at radius 2 is 1.33 bits per heavy atom. The molecule has 5 nitrogen and oxygen atoms in total. The third-order valence-corrected chi connectivity index (χ3v) is 1.93. The number of aromatic nitrogens is 3. The summed E-state index contributed by atoms with van der Waals surface area (Å²) < 4.78 is 3.81. The molecular weight excluding hydrogens is 158 g/mol. The lowest BCUT2D eigenvalue weighted by atomic mass is 10.4. The fourth-order valence-corrected chi connectivity index (χ4v) is 1.09. The zero-order chi connectivity index (χ0) is 9.46. The van der Waals surface area contributed by atoms with Crippen LogP contribution in [-0.4, -0.2) is 13.9 Å². The van der Waals surface area contributed by atoms with Gasteiger partial charge in [0.2, 0.25) is 0 Å². The van der Waals surface area contributed by atoms with Crippen LogP contribution in [0.1, 0.15) is 19.9 Å². The molecule has 0 N–H and O–H groups in total. The highest BCUT2D eigenvalue weighted by molar-refractivity contribution is 4.74. The molecule has 0 spiro atoms. The van der Waals surface area contributed by atoms with E-state index in [2.05, 4.69) is 0 Å². The van der Waals surface area contributed by atoms with Crippen LogP contribution >= 0.6 is 0 Å². The molecule has 1 heterocycles. The molecule has 0 aliphatic carbocycles. The van der Waals surface area contributed by atoms with Crippen molar-refractivity contribution in [3.8, 4) is 0 Å². The van der Waals surface area contributed by atoms with E-state index in [1.165, 1.54) is 13.9 Å². The summed E-state index contributed by atoms with van der Waals surface area (Å²) in [6, 6.07) is -0.0857. The molecule has 0 saturated heterocycles. The van der Waals surface area contributed by atoms with Crippen LogP contribution in [0.5, 0.6) is 0 Å². The monoisotopic (exact) mass is 171 g/mol. The Morgan fingerprint density at radius 1 is 1.00 bits per heavy atom. The lowest BCUT2D eigenvalue weighted by Crippen LogP contribution is -2.30. The lowest BCUT2D eigenvalue weighted by Gasteiger charge is -2.00. The first-order chi connectivity index (χ1) is 5.46. The molecule has 1 aromatic heterocycles. The van der Waals surface area contributed by atoms with Crippen molar-refractivity contribution < 1.29 is 0 Å². The Morgan fingerprint density at radius 3 is 1.50 bits per heavy atom. The van der Waals surface area contributed by atoms with Gasteiger partial charge in [-0.05, 0) is 13.8 Å². The minimum absolute atomic E-state index is 0.0857. The van der Waals surface area contributed by atoms with Crippen molar-refractivity contribution in [2.75, 3.05) is 0 Å². The molecule has 0 radical (unpaired) electrons. The Labute approximate surface area is 69.8 Å². The van der Waals surface area contributed by atoms with Gasteiger partial charge in [-0.2, -0.15) is 0 Å². The molecule has 1 rings (SSSR count). The predicted molar refractivity (Wildman–Crippen MR) is 45.3 cm³/mol. The minimum Gasteiger partial charge on any atom is -0.246 e. The first kappa shape index (κ1) is 8.83. The van der Waals surface area contributed by atoms with Crippen LogP contribution in [0.15, 0.2) is 9.59 Å². The van der Waals surface area contributed by atoms with E-state index in [1.54, 1.807) is 14.1 Å². The number of nitrogens with zero attached hydrogens (tertiary/aromatic N) is 3. The maximum absolute atomic E-state index is 11.4. The number of hydrogen-bond acceptors (Lipinski definition) is 2. The van der Waals surface area contributed by atoms with Crippen LogP contribution in [0, 0.1) is 0 Å². The van der Waals surface area contributed by atoms with Gasteiger partial charge < -0.3 is 0 Å². The largest absolute Gasteiger partial charge is 0.347 e. The summed E-state index contributed by atoms with van der Waals surface area (Å²) in [6.07, 6.45) is 0. The summed E-state index contributed by atoms with van der Waals surface area (Å²) in [5.74, 6) is 0. The normalized spacial score (nSPS) is 11.1. The molecule has 0 aliphatic rings. The average molecular weight is 171 g/mol. The molecule has 0 unspecified atom stereocenters. The fourth-order valence-electron chi connectivity index (χ4n) is 1.09. The molecule has 0 bridgehead atoms. The standard InChI is InChI=1S/C7H13N3O2/c1-5(2)10-6(11)8(3)9(4)7(10)12/h5H,1-4H3. The molecule has 1 aromatic rings. The van der Waals surface area contributed by atoms with E-state index in [-0.39, 0.29) is 17.4 Å². The van der Waals surface area contributed by atoms with Crippen LogP contribution < -0.4 is 11.4 Å². The molecule has 0 amide bonds. The first-order valence-electron chi connectivity index (χ1n) is 3.81. The Kier molecular flexibility index (Phi) is 1.95.